The van der Waals surface area contributed by atoms with Gasteiger partial charge in [-0.05, 0) is 42.0 Å². The van der Waals surface area contributed by atoms with Gasteiger partial charge in [0.05, 0.1) is 18.3 Å². The Morgan fingerprint density at radius 2 is 2.10 bits per heavy atom. The van der Waals surface area contributed by atoms with Crippen LogP contribution in [0.4, 0.5) is 5.69 Å². The molecule has 2 N–H and O–H groups in total. The summed E-state index contributed by atoms with van der Waals surface area (Å²) in [6.07, 6.45) is 1.62. The maximum atomic E-state index is 12.0. The maximum Gasteiger partial charge on any atom is 0.238 e. The average Bonchev–Trinajstić information content (AvgIpc) is 2.46. The van der Waals surface area contributed by atoms with Crippen molar-refractivity contribution in [3.63, 3.8) is 0 Å². The van der Waals surface area contributed by atoms with E-state index in [9.17, 15) is 9.59 Å². The number of halogens is 1. The van der Waals surface area contributed by atoms with Crippen LogP contribution in [0.3, 0.4) is 0 Å². The molecular weight excluding hydrogens is 334 g/mol. The predicted molar refractivity (Wildman–Crippen MR) is 88.1 cm³/mol. The fraction of sp³-hybridized carbons (Fsp3) is 0.333. The van der Waals surface area contributed by atoms with E-state index in [1.807, 2.05) is 24.3 Å². The summed E-state index contributed by atoms with van der Waals surface area (Å²) in [4.78, 5) is 25.5. The van der Waals surface area contributed by atoms with Crippen molar-refractivity contribution >= 4 is 33.4 Å². The summed E-state index contributed by atoms with van der Waals surface area (Å²) in [6.45, 7) is 5.84. The Bertz CT molecular complexity index is 519. The molecular formula is C15H20BrN3O2. The van der Waals surface area contributed by atoms with E-state index < -0.39 is 6.04 Å². The Hall–Kier alpha value is -1.66. The quantitative estimate of drug-likeness (QED) is 0.737. The van der Waals surface area contributed by atoms with E-state index in [0.717, 1.165) is 4.47 Å². The topological polar surface area (TPSA) is 61.4 Å². The number of hydrogen-bond acceptors (Lipinski definition) is 3. The first-order valence-electron chi connectivity index (χ1n) is 6.59. The Morgan fingerprint density at radius 1 is 1.43 bits per heavy atom. The normalized spacial score (nSPS) is 11.8. The van der Waals surface area contributed by atoms with E-state index in [4.69, 9.17) is 0 Å². The Kier molecular flexibility index (Phi) is 7.11. The smallest absolute Gasteiger partial charge is 0.238 e. The number of likely N-dealkylation sites (N-methyl/N-ethyl adjacent to an activating group) is 1. The SMILES string of the molecule is C=CCNC(=O)C(C)N(C)CC(=O)Nc1ccccc1Br. The van der Waals surface area contributed by atoms with Gasteiger partial charge in [0.15, 0.2) is 0 Å². The largest absolute Gasteiger partial charge is 0.351 e. The lowest BCUT2D eigenvalue weighted by Gasteiger charge is -2.23. The van der Waals surface area contributed by atoms with Crippen LogP contribution in [-0.2, 0) is 9.59 Å². The van der Waals surface area contributed by atoms with E-state index in [1.165, 1.54) is 0 Å². The highest BCUT2D eigenvalue weighted by Crippen LogP contribution is 2.20. The molecule has 1 rings (SSSR count). The third-order valence-corrected chi connectivity index (χ3v) is 3.69. The van der Waals surface area contributed by atoms with Crippen LogP contribution < -0.4 is 10.6 Å². The van der Waals surface area contributed by atoms with Crippen molar-refractivity contribution in [1.29, 1.82) is 0 Å². The highest BCUT2D eigenvalue weighted by molar-refractivity contribution is 9.10. The molecule has 0 bridgehead atoms. The van der Waals surface area contributed by atoms with Gasteiger partial charge in [-0.15, -0.1) is 6.58 Å². The fourth-order valence-corrected chi connectivity index (χ4v) is 2.02. The summed E-state index contributed by atoms with van der Waals surface area (Å²) in [5.74, 6) is -0.307. The highest BCUT2D eigenvalue weighted by atomic mass is 79.9. The summed E-state index contributed by atoms with van der Waals surface area (Å²) >= 11 is 3.37. The molecule has 0 saturated heterocycles. The van der Waals surface area contributed by atoms with Crippen molar-refractivity contribution in [2.75, 3.05) is 25.5 Å². The van der Waals surface area contributed by atoms with Crippen LogP contribution in [0.2, 0.25) is 0 Å². The van der Waals surface area contributed by atoms with Gasteiger partial charge in [0.2, 0.25) is 11.8 Å². The number of nitrogens with one attached hydrogen (secondary N) is 2. The minimum atomic E-state index is -0.394. The minimum absolute atomic E-state index is 0.129. The van der Waals surface area contributed by atoms with Crippen LogP contribution in [0.1, 0.15) is 6.92 Å². The van der Waals surface area contributed by atoms with Gasteiger partial charge >= 0.3 is 0 Å². The lowest BCUT2D eigenvalue weighted by Crippen LogP contribution is -2.46. The zero-order chi connectivity index (χ0) is 15.8. The molecule has 1 unspecified atom stereocenters. The van der Waals surface area contributed by atoms with Gasteiger partial charge in [0.25, 0.3) is 0 Å². The lowest BCUT2D eigenvalue weighted by atomic mass is 10.2. The van der Waals surface area contributed by atoms with Crippen LogP contribution in [-0.4, -0.2) is 42.9 Å². The van der Waals surface area contributed by atoms with E-state index in [2.05, 4.69) is 33.1 Å². The molecule has 0 spiro atoms. The van der Waals surface area contributed by atoms with Gasteiger partial charge in [-0.3, -0.25) is 14.5 Å². The minimum Gasteiger partial charge on any atom is -0.351 e. The van der Waals surface area contributed by atoms with Crippen LogP contribution in [0.25, 0.3) is 0 Å². The van der Waals surface area contributed by atoms with Crippen LogP contribution >= 0.6 is 15.9 Å². The Labute approximate surface area is 133 Å². The molecule has 0 aliphatic carbocycles. The number of amides is 2. The molecule has 6 heteroatoms. The van der Waals surface area contributed by atoms with Gasteiger partial charge in [-0.2, -0.15) is 0 Å². The standard InChI is InChI=1S/C15H20BrN3O2/c1-4-9-17-15(21)11(2)19(3)10-14(20)18-13-8-6-5-7-12(13)16/h4-8,11H,1,9-10H2,2-3H3,(H,17,21)(H,18,20). The van der Waals surface area contributed by atoms with Crippen molar-refractivity contribution in [3.05, 3.63) is 41.4 Å². The molecule has 114 valence electrons. The average molecular weight is 354 g/mol. The monoisotopic (exact) mass is 353 g/mol. The van der Waals surface area contributed by atoms with Crippen molar-refractivity contribution in [1.82, 2.24) is 10.2 Å². The van der Waals surface area contributed by atoms with E-state index in [-0.39, 0.29) is 18.4 Å². The second-order valence-corrected chi connectivity index (χ2v) is 5.51. The third-order valence-electron chi connectivity index (χ3n) is 3.00. The molecule has 0 aliphatic rings. The molecule has 2 amide bonds. The molecule has 21 heavy (non-hydrogen) atoms. The molecule has 0 aliphatic heterocycles. The second kappa shape index (κ2) is 8.59. The molecule has 1 aromatic rings. The lowest BCUT2D eigenvalue weighted by molar-refractivity contribution is -0.126. The molecule has 0 heterocycles. The van der Waals surface area contributed by atoms with Crippen LogP contribution in [0, 0.1) is 0 Å². The Balaban J connectivity index is 2.52. The van der Waals surface area contributed by atoms with Crippen molar-refractivity contribution in [2.45, 2.75) is 13.0 Å². The van der Waals surface area contributed by atoms with Gasteiger partial charge in [-0.1, -0.05) is 18.2 Å². The summed E-state index contributed by atoms with van der Waals surface area (Å²) < 4.78 is 0.817. The van der Waals surface area contributed by atoms with E-state index in [1.54, 1.807) is 24.9 Å². The van der Waals surface area contributed by atoms with E-state index >= 15 is 0 Å². The first-order chi connectivity index (χ1) is 9.95. The summed E-state index contributed by atoms with van der Waals surface area (Å²) in [7, 11) is 1.73. The Morgan fingerprint density at radius 3 is 2.71 bits per heavy atom. The maximum absolute atomic E-state index is 12.0. The van der Waals surface area contributed by atoms with Crippen LogP contribution in [0.5, 0.6) is 0 Å². The molecule has 0 aromatic heterocycles. The number of hydrogen-bond donors (Lipinski definition) is 2. The number of para-hydroxylation sites is 1. The molecule has 0 radical (unpaired) electrons. The summed E-state index contributed by atoms with van der Waals surface area (Å²) in [5, 5.41) is 5.51. The molecule has 5 nitrogen and oxygen atoms in total. The van der Waals surface area contributed by atoms with E-state index in [0.29, 0.717) is 12.2 Å². The summed E-state index contributed by atoms with van der Waals surface area (Å²) in [5.41, 5.74) is 0.708. The van der Waals surface area contributed by atoms with Gasteiger partial charge in [0.1, 0.15) is 0 Å². The molecule has 0 saturated carbocycles. The number of carbonyl (C=O) groups excluding carboxylic acids is 2. The number of rotatable bonds is 7. The van der Waals surface area contributed by atoms with Crippen molar-refractivity contribution in [3.8, 4) is 0 Å². The highest BCUT2D eigenvalue weighted by Gasteiger charge is 2.19. The van der Waals surface area contributed by atoms with Crippen molar-refractivity contribution < 1.29 is 9.59 Å². The third kappa shape index (κ3) is 5.69. The van der Waals surface area contributed by atoms with Gasteiger partial charge < -0.3 is 10.6 Å². The number of nitrogens with zero attached hydrogens (tertiary/aromatic N) is 1. The fourth-order valence-electron chi connectivity index (χ4n) is 1.64. The first-order valence-corrected chi connectivity index (χ1v) is 7.38. The van der Waals surface area contributed by atoms with Crippen LogP contribution in [0.15, 0.2) is 41.4 Å². The number of carbonyl (C=O) groups is 2. The zero-order valence-electron chi connectivity index (χ0n) is 12.2. The first kappa shape index (κ1) is 17.4. The summed E-state index contributed by atoms with van der Waals surface area (Å²) in [6, 6.07) is 6.98. The zero-order valence-corrected chi connectivity index (χ0v) is 13.8. The predicted octanol–water partition coefficient (Wildman–Crippen LogP) is 2.01. The molecule has 0 fully saturated rings. The number of benzene rings is 1. The van der Waals surface area contributed by atoms with Gasteiger partial charge in [-0.25, -0.2) is 0 Å². The van der Waals surface area contributed by atoms with Gasteiger partial charge in [0, 0.05) is 11.0 Å². The molecule has 1 aromatic carbocycles. The molecule has 1 atom stereocenters. The number of anilines is 1. The second-order valence-electron chi connectivity index (χ2n) is 4.65. The van der Waals surface area contributed by atoms with Crippen molar-refractivity contribution in [2.24, 2.45) is 0 Å².